The molecule has 0 saturated heterocycles. The predicted molar refractivity (Wildman–Crippen MR) is 69.8 cm³/mol. The van der Waals surface area contributed by atoms with E-state index in [4.69, 9.17) is 27.2 Å². The zero-order valence-corrected chi connectivity index (χ0v) is 10.9. The fourth-order valence-electron chi connectivity index (χ4n) is 1.16. The van der Waals surface area contributed by atoms with Crippen molar-refractivity contribution in [2.24, 2.45) is 5.73 Å². The maximum absolute atomic E-state index is 10.5. The second-order valence-electron chi connectivity index (χ2n) is 3.42. The number of hydrogen-bond donors (Lipinski definition) is 2. The van der Waals surface area contributed by atoms with Gasteiger partial charge >= 0.3 is 5.97 Å². The minimum absolute atomic E-state index is 0.350. The number of thioether (sulfide) groups is 1. The van der Waals surface area contributed by atoms with E-state index >= 15 is 0 Å². The Hall–Kier alpha value is -0.910. The van der Waals surface area contributed by atoms with Crippen molar-refractivity contribution in [2.45, 2.75) is 11.8 Å². The highest BCUT2D eigenvalue weighted by atomic mass is 35.5. The van der Waals surface area contributed by atoms with Gasteiger partial charge in [0.1, 0.15) is 11.8 Å². The molecule has 0 aliphatic carbocycles. The van der Waals surface area contributed by atoms with Crippen LogP contribution in [0.25, 0.3) is 0 Å². The van der Waals surface area contributed by atoms with Gasteiger partial charge in [0, 0.05) is 16.5 Å². The first-order valence-electron chi connectivity index (χ1n) is 4.93. The van der Waals surface area contributed by atoms with E-state index in [1.54, 1.807) is 19.2 Å². The maximum atomic E-state index is 10.5. The van der Waals surface area contributed by atoms with Crippen molar-refractivity contribution in [3.63, 3.8) is 0 Å². The molecule has 0 bridgehead atoms. The van der Waals surface area contributed by atoms with Crippen LogP contribution in [0.1, 0.15) is 5.56 Å². The summed E-state index contributed by atoms with van der Waals surface area (Å²) >= 11 is 7.44. The summed E-state index contributed by atoms with van der Waals surface area (Å²) in [4.78, 5) is 10.5. The van der Waals surface area contributed by atoms with Gasteiger partial charge in [0.2, 0.25) is 0 Å². The molecule has 1 atom stereocenters. The van der Waals surface area contributed by atoms with Crippen LogP contribution >= 0.6 is 23.4 Å². The Kier molecular flexibility index (Phi) is 5.61. The highest BCUT2D eigenvalue weighted by molar-refractivity contribution is 7.98. The van der Waals surface area contributed by atoms with Gasteiger partial charge in [-0.15, -0.1) is 0 Å². The van der Waals surface area contributed by atoms with Crippen molar-refractivity contribution in [3.8, 4) is 5.75 Å². The number of halogens is 1. The van der Waals surface area contributed by atoms with Crippen molar-refractivity contribution in [3.05, 3.63) is 28.8 Å². The molecule has 1 aromatic carbocycles. The van der Waals surface area contributed by atoms with Gasteiger partial charge < -0.3 is 15.6 Å². The monoisotopic (exact) mass is 275 g/mol. The number of methoxy groups -OCH3 is 1. The molecule has 0 amide bonds. The van der Waals surface area contributed by atoms with Crippen LogP contribution in [-0.4, -0.2) is 30.0 Å². The summed E-state index contributed by atoms with van der Waals surface area (Å²) in [6.07, 6.45) is 0. The smallest absolute Gasteiger partial charge is 0.321 e. The van der Waals surface area contributed by atoms with Gasteiger partial charge in [-0.05, 0) is 23.8 Å². The third kappa shape index (κ3) is 4.46. The molecule has 1 aromatic rings. The topological polar surface area (TPSA) is 72.5 Å². The van der Waals surface area contributed by atoms with Gasteiger partial charge in [0.25, 0.3) is 0 Å². The number of rotatable bonds is 6. The Balaban J connectivity index is 2.54. The van der Waals surface area contributed by atoms with Gasteiger partial charge in [0.15, 0.2) is 0 Å². The van der Waals surface area contributed by atoms with E-state index in [1.807, 2.05) is 6.07 Å². The van der Waals surface area contributed by atoms with Crippen LogP contribution in [0.5, 0.6) is 5.75 Å². The number of carbonyl (C=O) groups is 1. The lowest BCUT2D eigenvalue weighted by Crippen LogP contribution is -2.32. The molecule has 0 aliphatic heterocycles. The van der Waals surface area contributed by atoms with Crippen LogP contribution in [0.4, 0.5) is 0 Å². The summed E-state index contributed by atoms with van der Waals surface area (Å²) in [6, 6.07) is 4.53. The molecule has 4 nitrogen and oxygen atoms in total. The molecule has 0 fully saturated rings. The highest BCUT2D eigenvalue weighted by Crippen LogP contribution is 2.25. The SMILES string of the molecule is COc1ccc(Cl)c(CSC[C@@H](N)C(=O)O)c1. The number of ether oxygens (including phenoxy) is 1. The molecule has 3 N–H and O–H groups in total. The first kappa shape index (κ1) is 14.2. The first-order valence-corrected chi connectivity index (χ1v) is 6.46. The van der Waals surface area contributed by atoms with Crippen molar-refractivity contribution >= 4 is 29.3 Å². The van der Waals surface area contributed by atoms with Crippen LogP contribution in [-0.2, 0) is 10.5 Å². The molecule has 6 heteroatoms. The minimum atomic E-state index is -0.991. The van der Waals surface area contributed by atoms with E-state index in [2.05, 4.69) is 0 Å². The van der Waals surface area contributed by atoms with Crippen LogP contribution in [0, 0.1) is 0 Å². The fourth-order valence-corrected chi connectivity index (χ4v) is 2.39. The average molecular weight is 276 g/mol. The minimum Gasteiger partial charge on any atom is -0.497 e. The summed E-state index contributed by atoms with van der Waals surface area (Å²) in [5.41, 5.74) is 6.31. The Morgan fingerprint density at radius 2 is 2.35 bits per heavy atom. The van der Waals surface area contributed by atoms with E-state index < -0.39 is 12.0 Å². The summed E-state index contributed by atoms with van der Waals surface area (Å²) in [7, 11) is 1.58. The lowest BCUT2D eigenvalue weighted by Gasteiger charge is -2.08. The first-order chi connectivity index (χ1) is 8.04. The molecule has 94 valence electrons. The third-order valence-electron chi connectivity index (χ3n) is 2.13. The van der Waals surface area contributed by atoms with E-state index in [0.717, 1.165) is 11.3 Å². The van der Waals surface area contributed by atoms with Gasteiger partial charge in [-0.2, -0.15) is 11.8 Å². The van der Waals surface area contributed by atoms with E-state index in [0.29, 0.717) is 16.5 Å². The molecule has 0 aliphatic rings. The Labute approximate surface area is 109 Å². The number of carboxylic acid groups (broad SMARTS) is 1. The zero-order chi connectivity index (χ0) is 12.8. The zero-order valence-electron chi connectivity index (χ0n) is 9.35. The van der Waals surface area contributed by atoms with E-state index in [9.17, 15) is 4.79 Å². The second kappa shape index (κ2) is 6.74. The number of hydrogen-bond acceptors (Lipinski definition) is 4. The number of nitrogens with two attached hydrogens (primary N) is 1. The summed E-state index contributed by atoms with van der Waals surface area (Å²) in [6.45, 7) is 0. The predicted octanol–water partition coefficient (Wildman–Crippen LogP) is 1.99. The molecule has 0 radical (unpaired) electrons. The normalized spacial score (nSPS) is 12.2. The number of benzene rings is 1. The molecule has 1 rings (SSSR count). The molecule has 0 spiro atoms. The van der Waals surface area contributed by atoms with Gasteiger partial charge in [-0.25, -0.2) is 0 Å². The van der Waals surface area contributed by atoms with Crippen molar-refractivity contribution in [2.75, 3.05) is 12.9 Å². The number of carboxylic acids is 1. The van der Waals surface area contributed by atoms with Crippen molar-refractivity contribution < 1.29 is 14.6 Å². The van der Waals surface area contributed by atoms with Crippen LogP contribution in [0.3, 0.4) is 0 Å². The molecule has 0 unspecified atom stereocenters. The highest BCUT2D eigenvalue weighted by Gasteiger charge is 2.11. The largest absolute Gasteiger partial charge is 0.497 e. The average Bonchev–Trinajstić information content (AvgIpc) is 2.31. The third-order valence-corrected chi connectivity index (χ3v) is 3.60. The maximum Gasteiger partial charge on any atom is 0.321 e. The molecule has 17 heavy (non-hydrogen) atoms. The van der Waals surface area contributed by atoms with Crippen LogP contribution in [0.15, 0.2) is 18.2 Å². The molecular weight excluding hydrogens is 262 g/mol. The molecule has 0 aromatic heterocycles. The Morgan fingerprint density at radius 3 is 2.94 bits per heavy atom. The molecule has 0 saturated carbocycles. The summed E-state index contributed by atoms with van der Waals surface area (Å²) < 4.78 is 5.09. The van der Waals surface area contributed by atoms with Gasteiger partial charge in [-0.1, -0.05) is 11.6 Å². The Bertz CT molecular complexity index is 400. The number of aliphatic carboxylic acids is 1. The van der Waals surface area contributed by atoms with E-state index in [1.165, 1.54) is 11.8 Å². The summed E-state index contributed by atoms with van der Waals surface area (Å²) in [5.74, 6) is 0.696. The lowest BCUT2D eigenvalue weighted by atomic mass is 10.2. The van der Waals surface area contributed by atoms with Gasteiger partial charge in [0.05, 0.1) is 7.11 Å². The molecular formula is C11H14ClNO3S. The fraction of sp³-hybridized carbons (Fsp3) is 0.364. The van der Waals surface area contributed by atoms with Crippen molar-refractivity contribution in [1.82, 2.24) is 0 Å². The van der Waals surface area contributed by atoms with Gasteiger partial charge in [-0.3, -0.25) is 4.79 Å². The second-order valence-corrected chi connectivity index (χ2v) is 4.85. The molecule has 0 heterocycles. The van der Waals surface area contributed by atoms with Crippen molar-refractivity contribution in [1.29, 1.82) is 0 Å². The van der Waals surface area contributed by atoms with Crippen LogP contribution < -0.4 is 10.5 Å². The van der Waals surface area contributed by atoms with E-state index in [-0.39, 0.29) is 0 Å². The standard InChI is InChI=1S/C11H14ClNO3S/c1-16-8-2-3-9(12)7(4-8)5-17-6-10(13)11(14)15/h2-4,10H,5-6,13H2,1H3,(H,14,15)/t10-/m1/s1. The Morgan fingerprint density at radius 1 is 1.65 bits per heavy atom. The van der Waals surface area contributed by atoms with Crippen LogP contribution in [0.2, 0.25) is 5.02 Å². The lowest BCUT2D eigenvalue weighted by molar-refractivity contribution is -0.137. The quantitative estimate of drug-likeness (QED) is 0.831. The summed E-state index contributed by atoms with van der Waals surface area (Å²) in [5, 5.41) is 9.27.